The fourth-order valence-corrected chi connectivity index (χ4v) is 5.99. The molecule has 0 atom stereocenters. The number of hydrogen-bond acceptors (Lipinski definition) is 6. The van der Waals surface area contributed by atoms with Gasteiger partial charge in [-0.15, -0.1) is 11.3 Å². The Hall–Kier alpha value is -1.97. The van der Waals surface area contributed by atoms with Gasteiger partial charge in [0.25, 0.3) is 10.0 Å². The van der Waals surface area contributed by atoms with Crippen molar-refractivity contribution >= 4 is 21.4 Å². The molecule has 1 fully saturated rings. The first-order valence-corrected chi connectivity index (χ1v) is 10.7. The highest BCUT2D eigenvalue weighted by molar-refractivity contribution is 7.91. The van der Waals surface area contributed by atoms with Crippen LogP contribution in [0.4, 0.5) is 0 Å². The number of aromatic nitrogens is 3. The normalized spacial score (nSPS) is 15.1. The molecular weight excluding hydrogens is 372 g/mol. The molecule has 3 aromatic rings. The number of rotatable bonds is 6. The average Bonchev–Trinajstić information content (AvgIpc) is 3.01. The predicted molar refractivity (Wildman–Crippen MR) is 98.2 cm³/mol. The van der Waals surface area contributed by atoms with E-state index in [4.69, 9.17) is 4.52 Å². The van der Waals surface area contributed by atoms with E-state index in [9.17, 15) is 8.42 Å². The van der Waals surface area contributed by atoms with Crippen LogP contribution in [0.25, 0.3) is 11.3 Å². The van der Waals surface area contributed by atoms with Crippen molar-refractivity contribution in [3.05, 3.63) is 40.7 Å². The van der Waals surface area contributed by atoms with Crippen LogP contribution in [-0.4, -0.2) is 33.7 Å². The largest absolute Gasteiger partial charge is 0.356 e. The summed E-state index contributed by atoms with van der Waals surface area (Å²) in [5, 5.41) is 9.89. The second-order valence-corrected chi connectivity index (χ2v) is 9.61. The summed E-state index contributed by atoms with van der Waals surface area (Å²) in [5.41, 5.74) is 3.59. The average molecular weight is 393 g/mol. The molecule has 1 aliphatic rings. The molecule has 0 radical (unpaired) electrons. The SMILES string of the molecule is Cc1nn(C)c(C)c1CN(C1CC1)S(=O)(=O)c1cc(-c2ccno2)cs1. The van der Waals surface area contributed by atoms with E-state index in [2.05, 4.69) is 10.3 Å². The molecule has 9 heteroatoms. The summed E-state index contributed by atoms with van der Waals surface area (Å²) in [6.45, 7) is 4.25. The van der Waals surface area contributed by atoms with Gasteiger partial charge in [-0.3, -0.25) is 4.68 Å². The molecule has 3 aromatic heterocycles. The first kappa shape index (κ1) is 17.4. The Kier molecular flexibility index (Phi) is 4.25. The third-order valence-corrected chi connectivity index (χ3v) is 8.10. The van der Waals surface area contributed by atoms with Gasteiger partial charge in [-0.1, -0.05) is 5.16 Å². The van der Waals surface area contributed by atoms with Crippen molar-refractivity contribution in [2.75, 3.05) is 0 Å². The molecule has 0 aliphatic heterocycles. The van der Waals surface area contributed by atoms with Gasteiger partial charge < -0.3 is 4.52 Å². The van der Waals surface area contributed by atoms with Crippen molar-refractivity contribution in [2.24, 2.45) is 7.05 Å². The van der Waals surface area contributed by atoms with E-state index in [1.807, 2.05) is 20.9 Å². The van der Waals surface area contributed by atoms with Gasteiger partial charge in [0.05, 0.1) is 11.9 Å². The molecule has 0 saturated heterocycles. The molecule has 0 amide bonds. The Balaban J connectivity index is 1.68. The molecule has 0 aromatic carbocycles. The van der Waals surface area contributed by atoms with Crippen LogP contribution < -0.4 is 0 Å². The molecule has 3 heterocycles. The Labute approximate surface area is 156 Å². The number of sulfonamides is 1. The van der Waals surface area contributed by atoms with Gasteiger partial charge in [-0.2, -0.15) is 9.40 Å². The molecule has 0 bridgehead atoms. The van der Waals surface area contributed by atoms with E-state index in [1.165, 1.54) is 11.3 Å². The Bertz CT molecular complexity index is 1030. The van der Waals surface area contributed by atoms with E-state index in [0.717, 1.165) is 35.4 Å². The summed E-state index contributed by atoms with van der Waals surface area (Å²) in [7, 11) is -1.70. The van der Waals surface area contributed by atoms with E-state index >= 15 is 0 Å². The van der Waals surface area contributed by atoms with E-state index in [0.29, 0.717) is 16.5 Å². The second-order valence-electron chi connectivity index (χ2n) is 6.59. The first-order valence-electron chi connectivity index (χ1n) is 8.38. The lowest BCUT2D eigenvalue weighted by Crippen LogP contribution is -2.32. The van der Waals surface area contributed by atoms with Gasteiger partial charge in [-0.25, -0.2) is 8.42 Å². The molecule has 0 N–H and O–H groups in total. The monoisotopic (exact) mass is 392 g/mol. The van der Waals surface area contributed by atoms with Crippen molar-refractivity contribution in [1.82, 2.24) is 19.2 Å². The minimum absolute atomic E-state index is 0.0647. The van der Waals surface area contributed by atoms with Crippen LogP contribution >= 0.6 is 11.3 Å². The summed E-state index contributed by atoms with van der Waals surface area (Å²) in [4.78, 5) is 0. The van der Waals surface area contributed by atoms with E-state index < -0.39 is 10.0 Å². The van der Waals surface area contributed by atoms with Gasteiger partial charge in [0.15, 0.2) is 5.76 Å². The zero-order valence-electron chi connectivity index (χ0n) is 14.8. The first-order chi connectivity index (χ1) is 12.4. The smallest absolute Gasteiger partial charge is 0.253 e. The van der Waals surface area contributed by atoms with Crippen molar-refractivity contribution in [1.29, 1.82) is 0 Å². The Morgan fingerprint density at radius 3 is 2.73 bits per heavy atom. The standard InChI is InChI=1S/C17H20N4O3S2/c1-11-15(12(2)20(3)19-11)9-21(14-4-5-14)26(22,23)17-8-13(10-25-17)16-6-7-18-24-16/h6-8,10,14H,4-5,9H2,1-3H3. The maximum atomic E-state index is 13.3. The van der Waals surface area contributed by atoms with Crippen LogP contribution in [0.2, 0.25) is 0 Å². The fourth-order valence-electron chi connectivity index (χ4n) is 3.04. The van der Waals surface area contributed by atoms with E-state index in [-0.39, 0.29) is 6.04 Å². The topological polar surface area (TPSA) is 81.2 Å². The van der Waals surface area contributed by atoms with Crippen LogP contribution in [0.3, 0.4) is 0 Å². The summed E-state index contributed by atoms with van der Waals surface area (Å²) in [6.07, 6.45) is 3.35. The third-order valence-electron chi connectivity index (χ3n) is 4.79. The van der Waals surface area contributed by atoms with Gasteiger partial charge >= 0.3 is 0 Å². The van der Waals surface area contributed by atoms with Gasteiger partial charge in [0, 0.05) is 47.9 Å². The lowest BCUT2D eigenvalue weighted by atomic mass is 10.2. The molecule has 1 saturated carbocycles. The highest BCUT2D eigenvalue weighted by atomic mass is 32.2. The van der Waals surface area contributed by atoms with Gasteiger partial charge in [-0.05, 0) is 32.8 Å². The molecule has 138 valence electrons. The second kappa shape index (κ2) is 6.33. The zero-order chi connectivity index (χ0) is 18.5. The molecule has 4 rings (SSSR count). The van der Waals surface area contributed by atoms with Crippen LogP contribution in [0.15, 0.2) is 32.4 Å². The summed E-state index contributed by atoms with van der Waals surface area (Å²) < 4.78 is 35.5. The van der Waals surface area contributed by atoms with Crippen LogP contribution in [-0.2, 0) is 23.6 Å². The van der Waals surface area contributed by atoms with Crippen molar-refractivity contribution < 1.29 is 12.9 Å². The highest BCUT2D eigenvalue weighted by Gasteiger charge is 2.39. The molecule has 1 aliphatic carbocycles. The molecule has 0 unspecified atom stereocenters. The Morgan fingerprint density at radius 1 is 1.38 bits per heavy atom. The number of hydrogen-bond donors (Lipinski definition) is 0. The van der Waals surface area contributed by atoms with Crippen molar-refractivity contribution in [3.63, 3.8) is 0 Å². The number of aryl methyl sites for hydroxylation is 2. The third kappa shape index (κ3) is 3.00. The maximum Gasteiger partial charge on any atom is 0.253 e. The molecule has 0 spiro atoms. The van der Waals surface area contributed by atoms with Crippen LogP contribution in [0, 0.1) is 13.8 Å². The van der Waals surface area contributed by atoms with Crippen LogP contribution in [0.5, 0.6) is 0 Å². The molecular formula is C17H20N4O3S2. The summed E-state index contributed by atoms with van der Waals surface area (Å²) >= 11 is 1.21. The van der Waals surface area contributed by atoms with Crippen molar-refractivity contribution in [3.8, 4) is 11.3 Å². The highest BCUT2D eigenvalue weighted by Crippen LogP contribution is 2.37. The predicted octanol–water partition coefficient (Wildman–Crippen LogP) is 3.11. The maximum absolute atomic E-state index is 13.3. The lowest BCUT2D eigenvalue weighted by molar-refractivity contribution is 0.398. The molecule has 7 nitrogen and oxygen atoms in total. The Morgan fingerprint density at radius 2 is 2.15 bits per heavy atom. The summed E-state index contributed by atoms with van der Waals surface area (Å²) in [6, 6.07) is 3.45. The quantitative estimate of drug-likeness (QED) is 0.644. The summed E-state index contributed by atoms with van der Waals surface area (Å²) in [5.74, 6) is 0.569. The number of nitrogens with zero attached hydrogens (tertiary/aromatic N) is 4. The minimum Gasteiger partial charge on any atom is -0.356 e. The number of thiophene rings is 1. The van der Waals surface area contributed by atoms with Gasteiger partial charge in [0.2, 0.25) is 0 Å². The fraction of sp³-hybridized carbons (Fsp3) is 0.412. The van der Waals surface area contributed by atoms with Crippen LogP contribution in [0.1, 0.15) is 29.8 Å². The lowest BCUT2D eigenvalue weighted by Gasteiger charge is -2.21. The van der Waals surface area contributed by atoms with Gasteiger partial charge in [0.1, 0.15) is 4.21 Å². The minimum atomic E-state index is -3.58. The van der Waals surface area contributed by atoms with E-state index in [1.54, 1.807) is 32.7 Å². The zero-order valence-corrected chi connectivity index (χ0v) is 16.5. The molecule has 26 heavy (non-hydrogen) atoms. The van der Waals surface area contributed by atoms with Crippen molar-refractivity contribution in [2.45, 2.75) is 43.5 Å².